The number of nitrogens with zero attached hydrogens (tertiary/aromatic N) is 1. The molecule has 0 heterocycles. The first-order chi connectivity index (χ1) is 17.4. The van der Waals surface area contributed by atoms with Gasteiger partial charge in [0.15, 0.2) is 0 Å². The summed E-state index contributed by atoms with van der Waals surface area (Å²) >= 11 is 0. The van der Waals surface area contributed by atoms with E-state index in [0.29, 0.717) is 46.9 Å². The Bertz CT molecular complexity index is 1420. The molecule has 0 saturated carbocycles. The lowest BCUT2D eigenvalue weighted by Gasteiger charge is -2.12. The summed E-state index contributed by atoms with van der Waals surface area (Å²) in [5, 5.41) is 9.69. The van der Waals surface area contributed by atoms with Crippen LogP contribution in [0.25, 0.3) is 21.9 Å². The summed E-state index contributed by atoms with van der Waals surface area (Å²) in [4.78, 5) is 0. The molecule has 0 atom stereocenters. The average Bonchev–Trinajstić information content (AvgIpc) is 2.86. The lowest BCUT2D eigenvalue weighted by atomic mass is 9.96. The second kappa shape index (κ2) is 11.3. The van der Waals surface area contributed by atoms with Crippen molar-refractivity contribution in [2.45, 2.75) is 39.0 Å². The zero-order chi connectivity index (χ0) is 25.7. The third-order valence-electron chi connectivity index (χ3n) is 6.19. The molecule has 0 bridgehead atoms. The Morgan fingerprint density at radius 1 is 0.806 bits per heavy atom. The van der Waals surface area contributed by atoms with Gasteiger partial charge in [0.1, 0.15) is 35.1 Å². The van der Waals surface area contributed by atoms with Crippen molar-refractivity contribution in [3.8, 4) is 22.9 Å². The Morgan fingerprint density at radius 2 is 1.58 bits per heavy atom. The van der Waals surface area contributed by atoms with Crippen LogP contribution in [0, 0.1) is 34.6 Å². The van der Waals surface area contributed by atoms with Gasteiger partial charge in [0.05, 0.1) is 17.7 Å². The summed E-state index contributed by atoms with van der Waals surface area (Å²) < 4.78 is 64.2. The van der Waals surface area contributed by atoms with E-state index in [0.717, 1.165) is 19.3 Å². The molecule has 0 aliphatic rings. The monoisotopic (exact) mass is 491 g/mol. The van der Waals surface area contributed by atoms with Gasteiger partial charge in [-0.25, -0.2) is 17.6 Å². The van der Waals surface area contributed by atoms with Crippen LogP contribution in [0.1, 0.15) is 42.9 Å². The van der Waals surface area contributed by atoms with Gasteiger partial charge in [-0.2, -0.15) is 5.26 Å². The second-order valence-electron chi connectivity index (χ2n) is 8.72. The van der Waals surface area contributed by atoms with Gasteiger partial charge in [-0.1, -0.05) is 50.1 Å². The van der Waals surface area contributed by atoms with Gasteiger partial charge in [0.2, 0.25) is 0 Å². The van der Waals surface area contributed by atoms with Gasteiger partial charge < -0.3 is 4.74 Å². The van der Waals surface area contributed by atoms with Crippen molar-refractivity contribution in [2.24, 2.45) is 0 Å². The van der Waals surface area contributed by atoms with E-state index in [9.17, 15) is 13.2 Å². The van der Waals surface area contributed by atoms with Crippen molar-refractivity contribution in [2.75, 3.05) is 6.61 Å². The quantitative estimate of drug-likeness (QED) is 0.174. The molecular weight excluding hydrogens is 466 g/mol. The standard InChI is InChI=1S/C30H25F4NO/c1-2-3-4-13-36-24-16-27(32)29(28(33)17-24)22-11-12-25-21(15-22)10-9-20(30(25)34)7-5-19-6-8-23(18-35)26(31)14-19/h6,8-12,14-17H,2-5,7,13H2,1H3. The highest BCUT2D eigenvalue weighted by molar-refractivity contribution is 5.88. The number of fused-ring (bicyclic) bond motifs is 1. The number of hydrogen-bond acceptors (Lipinski definition) is 2. The molecule has 0 amide bonds. The van der Waals surface area contributed by atoms with E-state index in [4.69, 9.17) is 10.00 Å². The first-order valence-corrected chi connectivity index (χ1v) is 11.9. The molecule has 0 aromatic heterocycles. The largest absolute Gasteiger partial charge is 0.493 e. The minimum atomic E-state index is -0.744. The number of aryl methyl sites for hydroxylation is 2. The summed E-state index contributed by atoms with van der Waals surface area (Å²) in [6.07, 6.45) is 3.53. The zero-order valence-corrected chi connectivity index (χ0v) is 19.9. The molecule has 0 radical (unpaired) electrons. The van der Waals surface area contributed by atoms with E-state index in [1.807, 2.05) is 0 Å². The fraction of sp³-hybridized carbons (Fsp3) is 0.233. The molecule has 184 valence electrons. The molecule has 4 aromatic rings. The molecule has 4 rings (SSSR count). The van der Waals surface area contributed by atoms with Crippen LogP contribution < -0.4 is 4.74 Å². The topological polar surface area (TPSA) is 33.0 Å². The Hall–Kier alpha value is -3.85. The number of unbranched alkanes of at least 4 members (excludes halogenated alkanes) is 2. The van der Waals surface area contributed by atoms with E-state index in [1.54, 1.807) is 30.3 Å². The molecule has 0 spiro atoms. The van der Waals surface area contributed by atoms with Crippen molar-refractivity contribution in [3.05, 3.63) is 101 Å². The maximum atomic E-state index is 15.2. The SMILES string of the molecule is CCCCCOc1cc(F)c(-c2ccc3c(F)c(CCc4ccc(C#N)c(F)c4)ccc3c2)c(F)c1. The number of ether oxygens (including phenoxy) is 1. The Morgan fingerprint density at radius 3 is 2.28 bits per heavy atom. The van der Waals surface area contributed by atoms with E-state index >= 15 is 4.39 Å². The smallest absolute Gasteiger partial charge is 0.141 e. The minimum Gasteiger partial charge on any atom is -0.493 e. The number of hydrogen-bond donors (Lipinski definition) is 0. The van der Waals surface area contributed by atoms with Crippen molar-refractivity contribution in [1.82, 2.24) is 0 Å². The molecule has 4 aromatic carbocycles. The van der Waals surface area contributed by atoms with E-state index in [-0.39, 0.29) is 16.9 Å². The molecule has 0 unspecified atom stereocenters. The molecule has 0 saturated heterocycles. The van der Waals surface area contributed by atoms with E-state index in [2.05, 4.69) is 6.92 Å². The Balaban J connectivity index is 1.55. The first-order valence-electron chi connectivity index (χ1n) is 11.9. The fourth-order valence-electron chi connectivity index (χ4n) is 4.22. The molecule has 0 aliphatic heterocycles. The summed E-state index contributed by atoms with van der Waals surface area (Å²) in [5.74, 6) is -2.37. The molecule has 6 heteroatoms. The highest BCUT2D eigenvalue weighted by atomic mass is 19.1. The normalized spacial score (nSPS) is 11.0. The number of nitriles is 1. The van der Waals surface area contributed by atoms with Gasteiger partial charge in [0.25, 0.3) is 0 Å². The Labute approximate surface area is 207 Å². The van der Waals surface area contributed by atoms with Gasteiger partial charge in [-0.15, -0.1) is 0 Å². The summed E-state index contributed by atoms with van der Waals surface area (Å²) in [5.41, 5.74) is 1.18. The van der Waals surface area contributed by atoms with Gasteiger partial charge in [-0.05, 0) is 59.5 Å². The lowest BCUT2D eigenvalue weighted by Crippen LogP contribution is -2.00. The molecule has 0 aliphatic carbocycles. The maximum Gasteiger partial charge on any atom is 0.141 e. The van der Waals surface area contributed by atoms with Crippen molar-refractivity contribution in [3.63, 3.8) is 0 Å². The highest BCUT2D eigenvalue weighted by Gasteiger charge is 2.16. The van der Waals surface area contributed by atoms with Crippen LogP contribution in [0.5, 0.6) is 5.75 Å². The minimum absolute atomic E-state index is 0.0338. The molecule has 36 heavy (non-hydrogen) atoms. The van der Waals surface area contributed by atoms with Gasteiger partial charge in [-0.3, -0.25) is 0 Å². The van der Waals surface area contributed by atoms with Crippen molar-refractivity contribution >= 4 is 10.8 Å². The highest BCUT2D eigenvalue weighted by Crippen LogP contribution is 2.33. The van der Waals surface area contributed by atoms with Crippen LogP contribution in [0.3, 0.4) is 0 Å². The van der Waals surface area contributed by atoms with Crippen LogP contribution in [0.4, 0.5) is 17.6 Å². The van der Waals surface area contributed by atoms with Crippen LogP contribution in [0.15, 0.2) is 60.7 Å². The van der Waals surface area contributed by atoms with Gasteiger partial charge >= 0.3 is 0 Å². The van der Waals surface area contributed by atoms with Crippen LogP contribution >= 0.6 is 0 Å². The zero-order valence-electron chi connectivity index (χ0n) is 19.9. The van der Waals surface area contributed by atoms with E-state index in [1.165, 1.54) is 36.4 Å². The summed E-state index contributed by atoms with van der Waals surface area (Å²) in [6.45, 7) is 2.45. The molecule has 0 N–H and O–H groups in total. The molecule has 0 fully saturated rings. The molecule has 2 nitrogen and oxygen atoms in total. The van der Waals surface area contributed by atoms with Gasteiger partial charge in [0, 0.05) is 17.5 Å². The van der Waals surface area contributed by atoms with E-state index < -0.39 is 23.3 Å². The predicted molar refractivity (Wildman–Crippen MR) is 133 cm³/mol. The van der Waals surface area contributed by atoms with Crippen LogP contribution in [0.2, 0.25) is 0 Å². The second-order valence-corrected chi connectivity index (χ2v) is 8.72. The van der Waals surface area contributed by atoms with Crippen molar-refractivity contribution in [1.29, 1.82) is 5.26 Å². The predicted octanol–water partition coefficient (Wildman–Crippen LogP) is 8.29. The maximum absolute atomic E-state index is 15.2. The fourth-order valence-corrected chi connectivity index (χ4v) is 4.22. The number of benzene rings is 4. The molecular formula is C30H25F4NO. The van der Waals surface area contributed by atoms with Crippen LogP contribution in [-0.2, 0) is 12.8 Å². The lowest BCUT2D eigenvalue weighted by molar-refractivity contribution is 0.303. The third-order valence-corrected chi connectivity index (χ3v) is 6.19. The third kappa shape index (κ3) is 5.52. The number of halogens is 4. The number of rotatable bonds is 9. The summed E-state index contributed by atoms with van der Waals surface area (Å²) in [7, 11) is 0. The van der Waals surface area contributed by atoms with Crippen molar-refractivity contribution < 1.29 is 22.3 Å². The van der Waals surface area contributed by atoms with Crippen LogP contribution in [-0.4, -0.2) is 6.61 Å². The summed E-state index contributed by atoms with van der Waals surface area (Å²) in [6, 6.07) is 16.4. The average molecular weight is 492 g/mol. The Kier molecular flexibility index (Phi) is 7.90. The first kappa shape index (κ1) is 25.2.